The molecule has 1 amide bonds. The lowest BCUT2D eigenvalue weighted by molar-refractivity contribution is -0.619. The van der Waals surface area contributed by atoms with Crippen molar-refractivity contribution in [2.75, 3.05) is 5.32 Å². The maximum atomic E-state index is 12.6. The van der Waals surface area contributed by atoms with E-state index in [9.17, 15) is 10.0 Å². The molecule has 6 heteroatoms. The van der Waals surface area contributed by atoms with Gasteiger partial charge in [0.2, 0.25) is 5.69 Å². The van der Waals surface area contributed by atoms with Crippen LogP contribution in [0.25, 0.3) is 0 Å². The third-order valence-electron chi connectivity index (χ3n) is 3.59. The lowest BCUT2D eigenvalue weighted by atomic mass is 10.0. The number of amides is 1. The summed E-state index contributed by atoms with van der Waals surface area (Å²) in [5.41, 5.74) is 1.89. The summed E-state index contributed by atoms with van der Waals surface area (Å²) in [7, 11) is 0. The number of para-hydroxylation sites is 1. The summed E-state index contributed by atoms with van der Waals surface area (Å²) >= 11 is 12.4. The number of pyridine rings is 1. The highest BCUT2D eigenvalue weighted by Gasteiger charge is 2.26. The Morgan fingerprint density at radius 3 is 2.57 bits per heavy atom. The van der Waals surface area contributed by atoms with Gasteiger partial charge in [0, 0.05) is 19.4 Å². The van der Waals surface area contributed by atoms with Crippen molar-refractivity contribution >= 4 is 34.8 Å². The van der Waals surface area contributed by atoms with E-state index in [4.69, 9.17) is 23.2 Å². The van der Waals surface area contributed by atoms with Crippen LogP contribution in [0.4, 0.5) is 5.69 Å². The van der Waals surface area contributed by atoms with Crippen molar-refractivity contribution in [1.29, 1.82) is 0 Å². The first kappa shape index (κ1) is 17.3. The molecule has 1 aromatic carbocycles. The Bertz CT molecular complexity index is 789. The fourth-order valence-corrected chi connectivity index (χ4v) is 2.96. The van der Waals surface area contributed by atoms with Gasteiger partial charge in [-0.3, -0.25) is 4.79 Å². The highest BCUT2D eigenvalue weighted by Crippen LogP contribution is 2.27. The summed E-state index contributed by atoms with van der Waals surface area (Å²) in [5.74, 6) is -0.476. The van der Waals surface area contributed by atoms with E-state index in [0.717, 1.165) is 0 Å². The molecule has 2 rings (SSSR count). The number of rotatable bonds is 4. The van der Waals surface area contributed by atoms with Crippen molar-refractivity contribution in [3.05, 3.63) is 74.7 Å². The van der Waals surface area contributed by atoms with Gasteiger partial charge in [-0.15, -0.1) is 6.58 Å². The zero-order valence-electron chi connectivity index (χ0n) is 12.8. The zero-order valence-corrected chi connectivity index (χ0v) is 14.3. The molecule has 0 aliphatic rings. The number of aromatic nitrogens is 1. The number of nitrogens with zero attached hydrogens (tertiary/aromatic N) is 1. The molecule has 2 aromatic rings. The summed E-state index contributed by atoms with van der Waals surface area (Å²) in [5, 5.41) is 15.6. The Morgan fingerprint density at radius 2 is 1.96 bits per heavy atom. The average molecular weight is 351 g/mol. The number of nitrogens with one attached hydrogen (secondary N) is 1. The molecule has 0 bridgehead atoms. The molecule has 0 saturated heterocycles. The molecular weight excluding hydrogens is 335 g/mol. The van der Waals surface area contributed by atoms with Gasteiger partial charge in [-0.1, -0.05) is 41.4 Å². The fourth-order valence-electron chi connectivity index (χ4n) is 2.34. The van der Waals surface area contributed by atoms with Crippen LogP contribution in [0.5, 0.6) is 0 Å². The van der Waals surface area contributed by atoms with Gasteiger partial charge >= 0.3 is 0 Å². The molecule has 23 heavy (non-hydrogen) atoms. The lowest BCUT2D eigenvalue weighted by Crippen LogP contribution is -2.38. The number of halogens is 2. The highest BCUT2D eigenvalue weighted by atomic mass is 35.5. The van der Waals surface area contributed by atoms with Gasteiger partial charge in [0.15, 0.2) is 5.69 Å². The van der Waals surface area contributed by atoms with Crippen LogP contribution in [0.15, 0.2) is 36.9 Å². The van der Waals surface area contributed by atoms with E-state index in [1.54, 1.807) is 44.2 Å². The molecule has 0 saturated carbocycles. The Morgan fingerprint density at radius 1 is 1.30 bits per heavy atom. The Hall–Kier alpha value is -2.04. The number of allylic oxidation sites excluding steroid dienone is 1. The van der Waals surface area contributed by atoms with Crippen LogP contribution in [-0.2, 0) is 6.42 Å². The maximum absolute atomic E-state index is 12.6. The van der Waals surface area contributed by atoms with Crippen molar-refractivity contribution in [2.24, 2.45) is 0 Å². The molecule has 0 unspecified atom stereocenters. The summed E-state index contributed by atoms with van der Waals surface area (Å²) in [4.78, 5) is 12.6. The predicted molar refractivity (Wildman–Crippen MR) is 93.2 cm³/mol. The third-order valence-corrected chi connectivity index (χ3v) is 4.34. The first-order valence-corrected chi connectivity index (χ1v) is 7.72. The van der Waals surface area contributed by atoms with Crippen LogP contribution in [0.2, 0.25) is 10.0 Å². The summed E-state index contributed by atoms with van der Waals surface area (Å²) < 4.78 is 0.715. The molecule has 1 aromatic heterocycles. The van der Waals surface area contributed by atoms with Gasteiger partial charge in [0.1, 0.15) is 5.56 Å². The second-order valence-corrected chi connectivity index (χ2v) is 5.84. The number of anilines is 1. The molecule has 1 heterocycles. The van der Waals surface area contributed by atoms with Gasteiger partial charge in [-0.2, -0.15) is 4.73 Å². The van der Waals surface area contributed by atoms with Crippen LogP contribution in [0.3, 0.4) is 0 Å². The van der Waals surface area contributed by atoms with E-state index in [1.165, 1.54) is 0 Å². The topological polar surface area (TPSA) is 56.0 Å². The second kappa shape index (κ2) is 7.02. The lowest BCUT2D eigenvalue weighted by Gasteiger charge is -2.15. The van der Waals surface area contributed by atoms with Gasteiger partial charge in [-0.25, -0.2) is 0 Å². The molecule has 1 N–H and O–H groups in total. The van der Waals surface area contributed by atoms with E-state index < -0.39 is 5.91 Å². The smallest absolute Gasteiger partial charge is 0.263 e. The number of carbonyl (C=O) groups excluding carboxylic acids is 1. The van der Waals surface area contributed by atoms with E-state index in [0.29, 0.717) is 33.1 Å². The van der Waals surface area contributed by atoms with Crippen molar-refractivity contribution < 1.29 is 9.52 Å². The van der Waals surface area contributed by atoms with Crippen LogP contribution in [-0.4, -0.2) is 5.91 Å². The molecular formula is C17H16Cl2N2O2. The van der Waals surface area contributed by atoms with Crippen LogP contribution in [0.1, 0.15) is 27.3 Å². The van der Waals surface area contributed by atoms with Crippen molar-refractivity contribution in [1.82, 2.24) is 0 Å². The van der Waals surface area contributed by atoms with Crippen LogP contribution >= 0.6 is 23.2 Å². The van der Waals surface area contributed by atoms with Crippen molar-refractivity contribution in [3.8, 4) is 0 Å². The van der Waals surface area contributed by atoms with Gasteiger partial charge in [0.25, 0.3) is 5.91 Å². The van der Waals surface area contributed by atoms with Crippen LogP contribution < -0.4 is 10.0 Å². The second-order valence-electron chi connectivity index (χ2n) is 5.06. The highest BCUT2D eigenvalue weighted by molar-refractivity contribution is 6.36. The van der Waals surface area contributed by atoms with Crippen LogP contribution in [0, 0.1) is 19.1 Å². The summed E-state index contributed by atoms with van der Waals surface area (Å²) in [6.45, 7) is 6.88. The molecule has 0 aliphatic heterocycles. The SMILES string of the molecule is C=CCc1c(Cl)c(C(=O)Nc2ccccc2Cl)c(C)[n+]([O-])c1C. The monoisotopic (exact) mass is 350 g/mol. The number of benzene rings is 1. The molecule has 120 valence electrons. The molecule has 0 aliphatic carbocycles. The van der Waals surface area contributed by atoms with E-state index in [1.807, 2.05) is 0 Å². The number of hydrogen-bond acceptors (Lipinski definition) is 2. The number of carbonyl (C=O) groups is 1. The Kier molecular flexibility index (Phi) is 5.29. The molecule has 0 radical (unpaired) electrons. The largest absolute Gasteiger partial charge is 0.618 e. The molecule has 0 atom stereocenters. The molecule has 0 spiro atoms. The van der Waals surface area contributed by atoms with Crippen molar-refractivity contribution in [2.45, 2.75) is 20.3 Å². The molecule has 0 fully saturated rings. The predicted octanol–water partition coefficient (Wildman–Crippen LogP) is 4.22. The van der Waals surface area contributed by atoms with E-state index in [2.05, 4.69) is 11.9 Å². The Labute approximate surface area is 144 Å². The first-order chi connectivity index (χ1) is 10.9. The van der Waals surface area contributed by atoms with Crippen molar-refractivity contribution in [3.63, 3.8) is 0 Å². The standard InChI is InChI=1S/C17H16Cl2N2O2/c1-4-7-12-10(2)21(23)11(3)15(16(12)19)17(22)20-14-9-6-5-8-13(14)18/h4-6,8-9H,1,7H2,2-3H3,(H,20,22). The van der Waals surface area contributed by atoms with E-state index in [-0.39, 0.29) is 16.3 Å². The first-order valence-electron chi connectivity index (χ1n) is 6.96. The minimum atomic E-state index is -0.476. The minimum absolute atomic E-state index is 0.143. The average Bonchev–Trinajstić information content (AvgIpc) is 2.52. The summed E-state index contributed by atoms with van der Waals surface area (Å²) in [6, 6.07) is 6.85. The fraction of sp³-hybridized carbons (Fsp3) is 0.176. The van der Waals surface area contributed by atoms with Gasteiger partial charge < -0.3 is 10.5 Å². The normalized spacial score (nSPS) is 10.4. The van der Waals surface area contributed by atoms with Gasteiger partial charge in [-0.05, 0) is 18.6 Å². The van der Waals surface area contributed by atoms with E-state index >= 15 is 0 Å². The molecule has 4 nitrogen and oxygen atoms in total. The zero-order chi connectivity index (χ0) is 17.1. The Balaban J connectivity index is 2.52. The summed E-state index contributed by atoms with van der Waals surface area (Å²) in [6.07, 6.45) is 2.04. The number of hydrogen-bond donors (Lipinski definition) is 1. The van der Waals surface area contributed by atoms with Gasteiger partial charge in [0.05, 0.1) is 15.7 Å². The third kappa shape index (κ3) is 3.33. The maximum Gasteiger partial charge on any atom is 0.263 e. The minimum Gasteiger partial charge on any atom is -0.618 e. The quantitative estimate of drug-likeness (QED) is 0.509.